The molecule has 23 heavy (non-hydrogen) atoms. The molecular formula is C16H17F2NO3S. The van der Waals surface area contributed by atoms with Gasteiger partial charge in [-0.3, -0.25) is 4.79 Å². The number of carbonyl (C=O) groups excluding carboxylic acids is 1. The number of hydrogen-bond donors (Lipinski definition) is 2. The summed E-state index contributed by atoms with van der Waals surface area (Å²) in [5.41, 5.74) is 1.63. The van der Waals surface area contributed by atoms with E-state index in [0.29, 0.717) is 6.42 Å². The van der Waals surface area contributed by atoms with Crippen molar-refractivity contribution in [3.05, 3.63) is 52.2 Å². The number of hydrogen-bond acceptors (Lipinski definition) is 4. The Morgan fingerprint density at radius 1 is 1.26 bits per heavy atom. The molecule has 2 aromatic rings. The van der Waals surface area contributed by atoms with Crippen molar-refractivity contribution in [2.45, 2.75) is 25.6 Å². The molecule has 0 aliphatic carbocycles. The lowest BCUT2D eigenvalue weighted by Crippen LogP contribution is -2.28. The summed E-state index contributed by atoms with van der Waals surface area (Å²) in [6, 6.07) is 7.99. The number of amides is 1. The fourth-order valence-electron chi connectivity index (χ4n) is 1.98. The second-order valence-corrected chi connectivity index (χ2v) is 5.68. The Balaban J connectivity index is 1.71. The number of aliphatic hydroxyl groups is 1. The van der Waals surface area contributed by atoms with Crippen molar-refractivity contribution in [3.8, 4) is 5.75 Å². The van der Waals surface area contributed by atoms with E-state index in [2.05, 4.69) is 10.1 Å². The van der Waals surface area contributed by atoms with Crippen molar-refractivity contribution in [1.82, 2.24) is 5.32 Å². The number of thiophene rings is 1. The quantitative estimate of drug-likeness (QED) is 0.775. The predicted octanol–water partition coefficient (Wildman–Crippen LogP) is 3.13. The fraction of sp³-hybridized carbons (Fsp3) is 0.312. The van der Waals surface area contributed by atoms with Gasteiger partial charge in [-0.05, 0) is 46.5 Å². The average molecular weight is 341 g/mol. The van der Waals surface area contributed by atoms with Crippen LogP contribution in [-0.2, 0) is 11.2 Å². The maximum atomic E-state index is 12.0. The second kappa shape index (κ2) is 8.59. The zero-order valence-electron chi connectivity index (χ0n) is 12.2. The van der Waals surface area contributed by atoms with Crippen molar-refractivity contribution in [1.29, 1.82) is 0 Å². The van der Waals surface area contributed by atoms with Gasteiger partial charge in [-0.1, -0.05) is 12.1 Å². The highest BCUT2D eigenvalue weighted by Gasteiger charge is 2.10. The molecule has 1 amide bonds. The van der Waals surface area contributed by atoms with Crippen LogP contribution in [0.25, 0.3) is 0 Å². The van der Waals surface area contributed by atoms with Crippen LogP contribution in [0.5, 0.6) is 5.75 Å². The normalized spacial score (nSPS) is 12.2. The van der Waals surface area contributed by atoms with Gasteiger partial charge in [0, 0.05) is 13.0 Å². The summed E-state index contributed by atoms with van der Waals surface area (Å²) in [6.45, 7) is -2.68. The third-order valence-corrected chi connectivity index (χ3v) is 3.91. The molecule has 0 radical (unpaired) electrons. The van der Waals surface area contributed by atoms with Crippen LogP contribution in [0.15, 0.2) is 41.1 Å². The van der Waals surface area contributed by atoms with Gasteiger partial charge in [0.15, 0.2) is 0 Å². The molecule has 1 aromatic heterocycles. The standard InChI is InChI=1S/C16H17F2NO3S/c17-16(18)22-13-4-1-11(2-5-13)3-6-15(21)19-9-14(20)12-7-8-23-10-12/h1-2,4-5,7-8,10,14,16,20H,3,6,9H2,(H,19,21). The highest BCUT2D eigenvalue weighted by molar-refractivity contribution is 7.07. The van der Waals surface area contributed by atoms with Gasteiger partial charge >= 0.3 is 6.61 Å². The van der Waals surface area contributed by atoms with E-state index in [9.17, 15) is 18.7 Å². The average Bonchev–Trinajstić information content (AvgIpc) is 3.06. The van der Waals surface area contributed by atoms with Crippen molar-refractivity contribution in [2.75, 3.05) is 6.54 Å². The summed E-state index contributed by atoms with van der Waals surface area (Å²) < 4.78 is 28.3. The van der Waals surface area contributed by atoms with E-state index in [-0.39, 0.29) is 24.6 Å². The number of aliphatic hydroxyl groups excluding tert-OH is 1. The zero-order chi connectivity index (χ0) is 16.7. The summed E-state index contributed by atoms with van der Waals surface area (Å²) in [5.74, 6) is -0.0840. The van der Waals surface area contributed by atoms with E-state index in [1.807, 2.05) is 16.8 Å². The Morgan fingerprint density at radius 3 is 2.61 bits per heavy atom. The van der Waals surface area contributed by atoms with E-state index in [1.165, 1.54) is 23.5 Å². The molecule has 1 aromatic carbocycles. The molecule has 0 aliphatic rings. The van der Waals surface area contributed by atoms with Gasteiger partial charge in [-0.2, -0.15) is 20.1 Å². The van der Waals surface area contributed by atoms with Crippen LogP contribution in [0.3, 0.4) is 0 Å². The van der Waals surface area contributed by atoms with E-state index < -0.39 is 12.7 Å². The highest BCUT2D eigenvalue weighted by Crippen LogP contribution is 2.16. The molecule has 0 fully saturated rings. The Labute approximate surface area is 136 Å². The smallest absolute Gasteiger partial charge is 0.387 e. The number of aryl methyl sites for hydroxylation is 1. The highest BCUT2D eigenvalue weighted by atomic mass is 32.1. The molecule has 0 saturated carbocycles. The molecular weight excluding hydrogens is 324 g/mol. The number of benzene rings is 1. The lowest BCUT2D eigenvalue weighted by molar-refractivity contribution is -0.121. The number of halogens is 2. The molecule has 2 rings (SSSR count). The second-order valence-electron chi connectivity index (χ2n) is 4.90. The van der Waals surface area contributed by atoms with Gasteiger partial charge in [-0.15, -0.1) is 0 Å². The summed E-state index contributed by atoms with van der Waals surface area (Å²) in [7, 11) is 0. The van der Waals surface area contributed by atoms with Crippen LogP contribution in [0.1, 0.15) is 23.7 Å². The van der Waals surface area contributed by atoms with Crippen molar-refractivity contribution < 1.29 is 23.4 Å². The number of rotatable bonds is 8. The molecule has 7 heteroatoms. The van der Waals surface area contributed by atoms with Gasteiger partial charge in [-0.25, -0.2) is 0 Å². The maximum absolute atomic E-state index is 12.0. The van der Waals surface area contributed by atoms with Gasteiger partial charge < -0.3 is 15.2 Å². The molecule has 1 atom stereocenters. The fourth-order valence-corrected chi connectivity index (χ4v) is 2.68. The summed E-state index contributed by atoms with van der Waals surface area (Å²) in [4.78, 5) is 11.8. The molecule has 0 bridgehead atoms. The van der Waals surface area contributed by atoms with E-state index >= 15 is 0 Å². The number of nitrogens with one attached hydrogen (secondary N) is 1. The van der Waals surface area contributed by atoms with E-state index in [4.69, 9.17) is 0 Å². The SMILES string of the molecule is O=C(CCc1ccc(OC(F)F)cc1)NCC(O)c1ccsc1. The van der Waals surface area contributed by atoms with E-state index in [0.717, 1.165) is 11.1 Å². The summed E-state index contributed by atoms with van der Waals surface area (Å²) in [5, 5.41) is 16.2. The Bertz CT molecular complexity index is 602. The third-order valence-electron chi connectivity index (χ3n) is 3.21. The Morgan fingerprint density at radius 2 is 2.00 bits per heavy atom. The topological polar surface area (TPSA) is 58.6 Å². The van der Waals surface area contributed by atoms with Crippen molar-refractivity contribution >= 4 is 17.2 Å². The minimum absolute atomic E-state index is 0.0899. The lowest BCUT2D eigenvalue weighted by Gasteiger charge is -2.10. The minimum atomic E-state index is -2.85. The molecule has 0 aliphatic heterocycles. The number of carbonyl (C=O) groups is 1. The van der Waals surface area contributed by atoms with Gasteiger partial charge in [0.2, 0.25) is 5.91 Å². The molecule has 2 N–H and O–H groups in total. The first kappa shape index (κ1) is 17.4. The van der Waals surface area contributed by atoms with Crippen LogP contribution in [0, 0.1) is 0 Å². The van der Waals surface area contributed by atoms with Crippen LogP contribution in [0.2, 0.25) is 0 Å². The first-order valence-corrected chi connectivity index (χ1v) is 7.99. The summed E-state index contributed by atoms with van der Waals surface area (Å²) >= 11 is 1.48. The van der Waals surface area contributed by atoms with Gasteiger partial charge in [0.1, 0.15) is 5.75 Å². The van der Waals surface area contributed by atoms with Gasteiger partial charge in [0.05, 0.1) is 6.10 Å². The third kappa shape index (κ3) is 5.96. The van der Waals surface area contributed by atoms with Gasteiger partial charge in [0.25, 0.3) is 0 Å². The van der Waals surface area contributed by atoms with Crippen LogP contribution in [0.4, 0.5) is 8.78 Å². The maximum Gasteiger partial charge on any atom is 0.387 e. The number of ether oxygens (including phenoxy) is 1. The largest absolute Gasteiger partial charge is 0.435 e. The molecule has 124 valence electrons. The van der Waals surface area contributed by atoms with Crippen molar-refractivity contribution in [3.63, 3.8) is 0 Å². The number of alkyl halides is 2. The van der Waals surface area contributed by atoms with E-state index in [1.54, 1.807) is 12.1 Å². The van der Waals surface area contributed by atoms with Crippen LogP contribution < -0.4 is 10.1 Å². The monoisotopic (exact) mass is 341 g/mol. The Hall–Kier alpha value is -1.99. The van der Waals surface area contributed by atoms with Crippen LogP contribution in [-0.4, -0.2) is 24.2 Å². The summed E-state index contributed by atoms with van der Waals surface area (Å²) in [6.07, 6.45) is 0.0248. The zero-order valence-corrected chi connectivity index (χ0v) is 13.1. The predicted molar refractivity (Wildman–Crippen MR) is 83.7 cm³/mol. The first-order chi connectivity index (χ1) is 11.0. The first-order valence-electron chi connectivity index (χ1n) is 7.05. The molecule has 1 unspecified atom stereocenters. The Kier molecular flexibility index (Phi) is 6.49. The molecule has 4 nitrogen and oxygen atoms in total. The van der Waals surface area contributed by atoms with Crippen LogP contribution >= 0.6 is 11.3 Å². The molecule has 0 saturated heterocycles. The lowest BCUT2D eigenvalue weighted by atomic mass is 10.1. The molecule has 1 heterocycles. The van der Waals surface area contributed by atoms with Crippen molar-refractivity contribution in [2.24, 2.45) is 0 Å². The minimum Gasteiger partial charge on any atom is -0.435 e. The molecule has 0 spiro atoms.